The van der Waals surface area contributed by atoms with E-state index in [9.17, 15) is 4.79 Å². The van der Waals surface area contributed by atoms with Crippen LogP contribution in [-0.2, 0) is 0 Å². The zero-order valence-corrected chi connectivity index (χ0v) is 15.0. The summed E-state index contributed by atoms with van der Waals surface area (Å²) in [5.41, 5.74) is 4.62. The minimum absolute atomic E-state index is 0.108. The summed E-state index contributed by atoms with van der Waals surface area (Å²) in [5.74, 6) is -0.108. The second-order valence-corrected chi connectivity index (χ2v) is 6.95. The van der Waals surface area contributed by atoms with E-state index >= 15 is 0 Å². The molecule has 3 rings (SSSR count). The molecule has 3 nitrogen and oxygen atoms in total. The minimum atomic E-state index is -0.108. The van der Waals surface area contributed by atoms with Crippen LogP contribution in [-0.4, -0.2) is 19.0 Å². The van der Waals surface area contributed by atoms with E-state index in [-0.39, 0.29) is 5.91 Å². The molecule has 1 amide bonds. The molecule has 0 aromatic heterocycles. The van der Waals surface area contributed by atoms with Crippen molar-refractivity contribution in [2.75, 3.05) is 23.3 Å². The number of nitrogens with one attached hydrogen (secondary N) is 1. The normalized spacial score (nSPS) is 14.5. The molecule has 0 radical (unpaired) electrons. The summed E-state index contributed by atoms with van der Waals surface area (Å²) in [5, 5.41) is 3.63. The monoisotopic (exact) mass is 342 g/mol. The van der Waals surface area contributed by atoms with Crippen molar-refractivity contribution in [1.29, 1.82) is 0 Å². The molecule has 1 aliphatic rings. The lowest BCUT2D eigenvalue weighted by atomic mass is 10.1. The van der Waals surface area contributed by atoms with E-state index in [0.29, 0.717) is 10.6 Å². The molecule has 1 N–H and O–H groups in total. The maximum atomic E-state index is 12.5. The lowest BCUT2D eigenvalue weighted by Gasteiger charge is -2.29. The topological polar surface area (TPSA) is 32.3 Å². The van der Waals surface area contributed by atoms with Gasteiger partial charge in [-0.25, -0.2) is 0 Å². The van der Waals surface area contributed by atoms with Crippen LogP contribution in [0.5, 0.6) is 0 Å². The lowest BCUT2D eigenvalue weighted by molar-refractivity contribution is 0.102. The zero-order chi connectivity index (χ0) is 17.1. The molecule has 0 aliphatic carbocycles. The predicted octanol–water partition coefficient (Wildman–Crippen LogP) is 5.20. The second kappa shape index (κ2) is 7.27. The van der Waals surface area contributed by atoms with Gasteiger partial charge in [0.25, 0.3) is 5.91 Å². The molecule has 0 spiro atoms. The third-order valence-corrected chi connectivity index (χ3v) is 4.69. The number of hydrogen-bond acceptors (Lipinski definition) is 2. The van der Waals surface area contributed by atoms with E-state index in [1.165, 1.54) is 19.3 Å². The van der Waals surface area contributed by atoms with Crippen LogP contribution in [0.1, 0.15) is 40.7 Å². The summed E-state index contributed by atoms with van der Waals surface area (Å²) in [6.45, 7) is 6.09. The molecule has 1 heterocycles. The largest absolute Gasteiger partial charge is 0.370 e. The van der Waals surface area contributed by atoms with Gasteiger partial charge in [0.05, 0.1) is 10.7 Å². The summed E-state index contributed by atoms with van der Waals surface area (Å²) >= 11 is 6.45. The first-order chi connectivity index (χ1) is 11.5. The van der Waals surface area contributed by atoms with Crippen molar-refractivity contribution < 1.29 is 4.79 Å². The summed E-state index contributed by atoms with van der Waals surface area (Å²) < 4.78 is 0. The first-order valence-corrected chi connectivity index (χ1v) is 8.85. The van der Waals surface area contributed by atoms with Gasteiger partial charge in [-0.1, -0.05) is 28.8 Å². The Hall–Kier alpha value is -2.00. The Morgan fingerprint density at radius 3 is 2.29 bits per heavy atom. The molecule has 24 heavy (non-hydrogen) atoms. The molecule has 4 heteroatoms. The van der Waals surface area contributed by atoms with E-state index in [0.717, 1.165) is 35.6 Å². The number of hydrogen-bond donors (Lipinski definition) is 1. The van der Waals surface area contributed by atoms with Crippen LogP contribution in [0, 0.1) is 13.8 Å². The first kappa shape index (κ1) is 16.8. The van der Waals surface area contributed by atoms with Gasteiger partial charge >= 0.3 is 0 Å². The third kappa shape index (κ3) is 3.90. The number of benzene rings is 2. The zero-order valence-electron chi connectivity index (χ0n) is 14.2. The highest BCUT2D eigenvalue weighted by Gasteiger charge is 2.15. The number of rotatable bonds is 3. The fourth-order valence-electron chi connectivity index (χ4n) is 3.28. The highest BCUT2D eigenvalue weighted by Crippen LogP contribution is 2.31. The molecular formula is C20H23ClN2O. The van der Waals surface area contributed by atoms with Crippen molar-refractivity contribution >= 4 is 28.9 Å². The van der Waals surface area contributed by atoms with E-state index in [2.05, 4.69) is 16.3 Å². The molecule has 2 aromatic carbocycles. The smallest absolute Gasteiger partial charge is 0.255 e. The second-order valence-electron chi connectivity index (χ2n) is 6.54. The van der Waals surface area contributed by atoms with Crippen LogP contribution in [0.15, 0.2) is 36.4 Å². The maximum absolute atomic E-state index is 12.5. The SMILES string of the molecule is Cc1cc(C)cc(C(=O)Nc2ccc(N3CCCCC3)c(Cl)c2)c1. The molecule has 1 saturated heterocycles. The van der Waals surface area contributed by atoms with Gasteiger partial charge < -0.3 is 10.2 Å². The Kier molecular flexibility index (Phi) is 5.10. The van der Waals surface area contributed by atoms with Gasteiger partial charge in [-0.2, -0.15) is 0 Å². The van der Waals surface area contributed by atoms with Crippen molar-refractivity contribution in [3.05, 3.63) is 58.1 Å². The molecule has 1 aliphatic heterocycles. The number of nitrogens with zero attached hydrogens (tertiary/aromatic N) is 1. The van der Waals surface area contributed by atoms with E-state index in [1.807, 2.05) is 44.2 Å². The molecule has 0 saturated carbocycles. The number of aryl methyl sites for hydroxylation is 2. The minimum Gasteiger partial charge on any atom is -0.370 e. The Bertz CT molecular complexity index is 731. The number of carbonyl (C=O) groups excluding carboxylic acids is 1. The van der Waals surface area contributed by atoms with E-state index in [1.54, 1.807) is 0 Å². The van der Waals surface area contributed by atoms with Crippen molar-refractivity contribution in [1.82, 2.24) is 0 Å². The van der Waals surface area contributed by atoms with Gasteiger partial charge in [0, 0.05) is 24.3 Å². The van der Waals surface area contributed by atoms with Crippen LogP contribution >= 0.6 is 11.6 Å². The molecule has 0 bridgehead atoms. The van der Waals surface area contributed by atoms with Crippen LogP contribution in [0.3, 0.4) is 0 Å². The standard InChI is InChI=1S/C20H23ClN2O/c1-14-10-15(2)12-16(11-14)20(24)22-17-6-7-19(18(21)13-17)23-8-4-3-5-9-23/h6-7,10-13H,3-5,8-9H2,1-2H3,(H,22,24). The average Bonchev–Trinajstić information content (AvgIpc) is 2.55. The van der Waals surface area contributed by atoms with Crippen molar-refractivity contribution in [3.8, 4) is 0 Å². The highest BCUT2D eigenvalue weighted by atomic mass is 35.5. The number of amides is 1. The molecule has 1 fully saturated rings. The summed E-state index contributed by atoms with van der Waals surface area (Å²) in [7, 11) is 0. The third-order valence-electron chi connectivity index (χ3n) is 4.39. The average molecular weight is 343 g/mol. The summed E-state index contributed by atoms with van der Waals surface area (Å²) in [4.78, 5) is 14.8. The molecular weight excluding hydrogens is 320 g/mol. The molecule has 126 valence electrons. The Morgan fingerprint density at radius 2 is 1.67 bits per heavy atom. The van der Waals surface area contributed by atoms with Crippen LogP contribution < -0.4 is 10.2 Å². The molecule has 0 unspecified atom stereocenters. The van der Waals surface area contributed by atoms with E-state index in [4.69, 9.17) is 11.6 Å². The molecule has 2 aromatic rings. The number of carbonyl (C=O) groups is 1. The highest BCUT2D eigenvalue weighted by molar-refractivity contribution is 6.33. The van der Waals surface area contributed by atoms with Gasteiger partial charge in [0.15, 0.2) is 0 Å². The van der Waals surface area contributed by atoms with E-state index < -0.39 is 0 Å². The van der Waals surface area contributed by atoms with Crippen molar-refractivity contribution in [3.63, 3.8) is 0 Å². The predicted molar refractivity (Wildman–Crippen MR) is 101 cm³/mol. The summed E-state index contributed by atoms with van der Waals surface area (Å²) in [6.07, 6.45) is 3.71. The van der Waals surface area contributed by atoms with Crippen LogP contribution in [0.25, 0.3) is 0 Å². The van der Waals surface area contributed by atoms with Gasteiger partial charge in [-0.15, -0.1) is 0 Å². The number of halogens is 1. The summed E-state index contributed by atoms with van der Waals surface area (Å²) in [6, 6.07) is 11.6. The lowest BCUT2D eigenvalue weighted by Crippen LogP contribution is -2.29. The number of anilines is 2. The fourth-order valence-corrected chi connectivity index (χ4v) is 3.59. The van der Waals surface area contributed by atoms with Crippen LogP contribution in [0.2, 0.25) is 5.02 Å². The Morgan fingerprint density at radius 1 is 1.00 bits per heavy atom. The van der Waals surface area contributed by atoms with Gasteiger partial charge in [0.1, 0.15) is 0 Å². The quantitative estimate of drug-likeness (QED) is 0.831. The Balaban J connectivity index is 1.75. The van der Waals surface area contributed by atoms with Crippen LogP contribution in [0.4, 0.5) is 11.4 Å². The Labute approximate surface area is 148 Å². The van der Waals surface area contributed by atoms with Crippen molar-refractivity contribution in [2.45, 2.75) is 33.1 Å². The number of piperidine rings is 1. The van der Waals surface area contributed by atoms with Gasteiger partial charge in [0.2, 0.25) is 0 Å². The molecule has 0 atom stereocenters. The van der Waals surface area contributed by atoms with Gasteiger partial charge in [-0.3, -0.25) is 4.79 Å². The van der Waals surface area contributed by atoms with Crippen molar-refractivity contribution in [2.24, 2.45) is 0 Å². The van der Waals surface area contributed by atoms with Gasteiger partial charge in [-0.05, 0) is 63.4 Å². The maximum Gasteiger partial charge on any atom is 0.255 e. The fraction of sp³-hybridized carbons (Fsp3) is 0.350. The first-order valence-electron chi connectivity index (χ1n) is 8.47.